The molecule has 0 heterocycles. The molecule has 8 aromatic carbocycles. The van der Waals surface area contributed by atoms with Gasteiger partial charge in [0.05, 0.1) is 0 Å². The van der Waals surface area contributed by atoms with Crippen molar-refractivity contribution in [2.24, 2.45) is 0 Å². The van der Waals surface area contributed by atoms with Crippen molar-refractivity contribution in [1.82, 2.24) is 0 Å². The molecular formula is C41H34Cl2SiZr-4. The molecule has 0 atom stereocenters. The summed E-state index contributed by atoms with van der Waals surface area (Å²) in [6.07, 6.45) is 0. The Morgan fingerprint density at radius 3 is 1.36 bits per heavy atom. The van der Waals surface area contributed by atoms with Gasteiger partial charge in [0, 0.05) is 0 Å². The summed E-state index contributed by atoms with van der Waals surface area (Å²) < 4.78 is 0. The maximum absolute atomic E-state index is 3.06. The van der Waals surface area contributed by atoms with Crippen LogP contribution in [-0.2, 0) is 23.3 Å². The van der Waals surface area contributed by atoms with Gasteiger partial charge in [0.15, 0.2) is 0 Å². The molecule has 8 rings (SSSR count). The van der Waals surface area contributed by atoms with Gasteiger partial charge in [-0.05, 0) is 5.56 Å². The van der Waals surface area contributed by atoms with Crippen LogP contribution in [0.3, 0.4) is 0 Å². The van der Waals surface area contributed by atoms with Gasteiger partial charge in [-0.3, -0.25) is 0 Å². The fraction of sp³-hybridized carbons (Fsp3) is 0.0244. The van der Waals surface area contributed by atoms with Crippen molar-refractivity contribution in [2.45, 2.75) is 6.92 Å². The molecule has 224 valence electrons. The first kappa shape index (κ1) is 37.7. The smallest absolute Gasteiger partial charge is 0.0771 e. The molecule has 8 aromatic rings. The van der Waals surface area contributed by atoms with Gasteiger partial charge in [0.1, 0.15) is 0 Å². The molecule has 0 bridgehead atoms. The zero-order valence-corrected chi connectivity index (χ0v) is 30.2. The van der Waals surface area contributed by atoms with Gasteiger partial charge in [0.25, 0.3) is 0 Å². The second kappa shape index (κ2) is 21.3. The first-order valence-corrected chi connectivity index (χ1v) is 18.3. The van der Waals surface area contributed by atoms with E-state index >= 15 is 0 Å². The Hall–Kier alpha value is -3.52. The van der Waals surface area contributed by atoms with Gasteiger partial charge in [-0.2, -0.15) is 78.9 Å². The Morgan fingerprint density at radius 1 is 0.467 bits per heavy atom. The first-order chi connectivity index (χ1) is 21.3. The number of aryl methyl sites for hydroxylation is 1. The average molecular weight is 717 g/mol. The second-order valence-corrected chi connectivity index (χ2v) is 9.68. The number of fused-ring (bicyclic) bond motifs is 4. The predicted octanol–water partition coefficient (Wildman–Crippen LogP) is 11.7. The van der Waals surface area contributed by atoms with Crippen LogP contribution >= 0.6 is 24.8 Å². The normalized spacial score (nSPS) is 9.24. The van der Waals surface area contributed by atoms with Crippen molar-refractivity contribution in [1.29, 1.82) is 0 Å². The van der Waals surface area contributed by atoms with E-state index in [4.69, 9.17) is 0 Å². The minimum Gasteiger partial charge on any atom is -0.184 e. The Kier molecular flexibility index (Phi) is 17.8. The molecule has 4 heteroatoms. The zero-order chi connectivity index (χ0) is 30.1. The van der Waals surface area contributed by atoms with Crippen molar-refractivity contribution in [3.05, 3.63) is 194 Å². The van der Waals surface area contributed by atoms with Crippen LogP contribution in [0.25, 0.3) is 43.4 Å². The van der Waals surface area contributed by atoms with Crippen LogP contribution in [0, 0.1) is 19.1 Å². The van der Waals surface area contributed by atoms with E-state index in [-0.39, 0.29) is 24.8 Å². The molecule has 0 saturated carbocycles. The molecular weight excluding hydrogens is 683 g/mol. The molecule has 0 aliphatic carbocycles. The van der Waals surface area contributed by atoms with Crippen LogP contribution in [0.5, 0.6) is 0 Å². The van der Waals surface area contributed by atoms with Crippen molar-refractivity contribution in [3.8, 4) is 11.1 Å². The number of hydrogen-bond donors (Lipinski definition) is 0. The van der Waals surface area contributed by atoms with E-state index in [1.54, 1.807) is 0 Å². The molecule has 0 aliphatic heterocycles. The summed E-state index contributed by atoms with van der Waals surface area (Å²) in [7, 11) is 0. The number of halogens is 2. The largest absolute Gasteiger partial charge is 0.184 e. The zero-order valence-electron chi connectivity index (χ0n) is 25.1. The van der Waals surface area contributed by atoms with Crippen molar-refractivity contribution >= 4 is 64.0 Å². The third-order valence-corrected chi connectivity index (χ3v) is 6.72. The number of hydrogen-bond acceptors (Lipinski definition) is 0. The van der Waals surface area contributed by atoms with Gasteiger partial charge in [0.2, 0.25) is 0 Å². The molecule has 0 unspecified atom stereocenters. The Labute approximate surface area is 296 Å². The van der Waals surface area contributed by atoms with Gasteiger partial charge in [-0.15, -0.1) is 99.1 Å². The van der Waals surface area contributed by atoms with E-state index in [1.165, 1.54) is 72.3 Å². The Balaban J connectivity index is 0.000000218. The molecule has 45 heavy (non-hydrogen) atoms. The summed E-state index contributed by atoms with van der Waals surface area (Å²) in [4.78, 5) is 0. The van der Waals surface area contributed by atoms with Gasteiger partial charge in [-0.1, -0.05) is 85.3 Å². The summed E-state index contributed by atoms with van der Waals surface area (Å²) in [5, 5.41) is 8.08. The maximum Gasteiger partial charge on any atom is -0.0771 e. The Bertz CT molecular complexity index is 1780. The van der Waals surface area contributed by atoms with E-state index in [1.807, 2.05) is 60.7 Å². The van der Waals surface area contributed by atoms with Crippen LogP contribution in [0.15, 0.2) is 176 Å². The van der Waals surface area contributed by atoms with Gasteiger partial charge < -0.3 is 0 Å². The standard InChI is InChI=1S/C16H13.C13H9.2C6H5.2ClH.Si.Zr/c1-12-10-14-8-5-9-15(16(14)11-12)13-6-3-2-4-7-13;1-3-7-12-10(5-1)9-11-6-2-4-8-13(11)12;2*1-2-4-6-5-3-1;;;;/h2-11H,1H3;1-9H;2*1-5H;2*1H;;/q4*-1;;;;. The minimum atomic E-state index is 0. The quantitative estimate of drug-likeness (QED) is 0.117. The number of benzene rings is 6. The van der Waals surface area contributed by atoms with Crippen molar-refractivity contribution in [2.75, 3.05) is 0 Å². The minimum absolute atomic E-state index is 0. The molecule has 0 spiro atoms. The fourth-order valence-electron chi connectivity index (χ4n) is 4.84. The van der Waals surface area contributed by atoms with E-state index in [0.717, 1.165) is 0 Å². The third kappa shape index (κ3) is 11.4. The average Bonchev–Trinajstić information content (AvgIpc) is 3.68. The van der Waals surface area contributed by atoms with E-state index in [2.05, 4.69) is 141 Å². The third-order valence-electron chi connectivity index (χ3n) is 6.72. The molecule has 0 aromatic heterocycles. The fourth-order valence-corrected chi connectivity index (χ4v) is 4.84. The molecule has 2 radical (unpaired) electrons. The SMILES string of the molecule is Cc1cc2c(-c3ccccc3)cccc2[cH-]1.Cl.Cl.[Si]=[Zr].[c-]1ccccc1.[c-]1ccccc1.c1ccc2c(c1)[cH-]c1ccccc12. The summed E-state index contributed by atoms with van der Waals surface area (Å²) in [5.74, 6) is 0. The van der Waals surface area contributed by atoms with E-state index in [0.29, 0.717) is 0 Å². The van der Waals surface area contributed by atoms with Crippen LogP contribution in [0.2, 0.25) is 0 Å². The molecule has 0 nitrogen and oxygen atoms in total. The molecule has 0 N–H and O–H groups in total. The summed E-state index contributed by atoms with van der Waals surface area (Å²) >= 11 is 1.36. The summed E-state index contributed by atoms with van der Waals surface area (Å²) in [5.41, 5.74) is 3.95. The molecule has 0 aliphatic rings. The number of rotatable bonds is 1. The second-order valence-electron chi connectivity index (χ2n) is 9.68. The molecule has 0 saturated heterocycles. The first-order valence-electron chi connectivity index (χ1n) is 14.1. The Morgan fingerprint density at radius 2 is 0.889 bits per heavy atom. The van der Waals surface area contributed by atoms with Gasteiger partial charge >= 0.3 is 30.2 Å². The van der Waals surface area contributed by atoms with Gasteiger partial charge in [-0.25, -0.2) is 0 Å². The van der Waals surface area contributed by atoms with Crippen molar-refractivity contribution in [3.63, 3.8) is 0 Å². The molecule has 0 amide bonds. The van der Waals surface area contributed by atoms with E-state index in [9.17, 15) is 0 Å². The molecule has 0 fully saturated rings. The van der Waals surface area contributed by atoms with Crippen molar-refractivity contribution < 1.29 is 23.3 Å². The predicted molar refractivity (Wildman–Crippen MR) is 198 cm³/mol. The summed E-state index contributed by atoms with van der Waals surface area (Å²) in [6, 6.07) is 65.8. The maximum atomic E-state index is 3.06. The van der Waals surface area contributed by atoms with Crippen LogP contribution < -0.4 is 0 Å². The van der Waals surface area contributed by atoms with Crippen LogP contribution in [0.1, 0.15) is 5.56 Å². The van der Waals surface area contributed by atoms with Crippen LogP contribution in [-0.4, -0.2) is 6.88 Å². The van der Waals surface area contributed by atoms with Crippen LogP contribution in [0.4, 0.5) is 0 Å². The van der Waals surface area contributed by atoms with E-state index < -0.39 is 0 Å². The topological polar surface area (TPSA) is 0 Å². The monoisotopic (exact) mass is 714 g/mol. The summed E-state index contributed by atoms with van der Waals surface area (Å²) in [6.45, 7) is 5.21.